The molecule has 0 spiro atoms. The molecule has 3 heterocycles. The number of rotatable bonds is 4. The van der Waals surface area contributed by atoms with Gasteiger partial charge in [0.25, 0.3) is 0 Å². The monoisotopic (exact) mass is 493 g/mol. The first-order valence-corrected chi connectivity index (χ1v) is 12.9. The van der Waals surface area contributed by atoms with Crippen LogP contribution in [0.2, 0.25) is 0 Å². The first-order valence-electron chi connectivity index (χ1n) is 12.9. The number of hydrogen-bond acceptors (Lipinski definition) is 6. The average Bonchev–Trinajstić information content (AvgIpc) is 2.95. The van der Waals surface area contributed by atoms with Crippen molar-refractivity contribution in [2.24, 2.45) is 0 Å². The highest BCUT2D eigenvalue weighted by Crippen LogP contribution is 2.33. The molecule has 4 aromatic rings. The van der Waals surface area contributed by atoms with Crippen molar-refractivity contribution in [1.29, 1.82) is 0 Å². The van der Waals surface area contributed by atoms with Crippen LogP contribution >= 0.6 is 0 Å². The van der Waals surface area contributed by atoms with Crippen molar-refractivity contribution in [1.82, 2.24) is 14.9 Å². The van der Waals surface area contributed by atoms with Crippen LogP contribution in [0.5, 0.6) is 0 Å². The van der Waals surface area contributed by atoms with Crippen LogP contribution in [0.4, 0.5) is 16.3 Å². The van der Waals surface area contributed by atoms with Crippen LogP contribution in [0, 0.1) is 6.92 Å². The van der Waals surface area contributed by atoms with E-state index in [-0.39, 0.29) is 6.09 Å². The second-order valence-corrected chi connectivity index (χ2v) is 9.81. The lowest BCUT2D eigenvalue weighted by atomic mass is 10.0. The maximum Gasteiger partial charge on any atom is 0.410 e. The van der Waals surface area contributed by atoms with Crippen molar-refractivity contribution in [3.05, 3.63) is 95.4 Å². The second kappa shape index (κ2) is 10.1. The number of hydrogen-bond donors (Lipinski definition) is 0. The van der Waals surface area contributed by atoms with Gasteiger partial charge in [0.1, 0.15) is 18.8 Å². The number of fused-ring (bicyclic) bond motifs is 2. The zero-order valence-corrected chi connectivity index (χ0v) is 21.1. The minimum absolute atomic E-state index is 0.255. The zero-order valence-electron chi connectivity index (χ0n) is 21.1. The third-order valence-electron chi connectivity index (χ3n) is 7.35. The van der Waals surface area contributed by atoms with Gasteiger partial charge in [0, 0.05) is 49.4 Å². The molecule has 0 unspecified atom stereocenters. The molecule has 3 aromatic carbocycles. The Morgan fingerprint density at radius 1 is 0.892 bits per heavy atom. The van der Waals surface area contributed by atoms with Crippen LogP contribution < -0.4 is 9.80 Å². The summed E-state index contributed by atoms with van der Waals surface area (Å²) in [6.45, 7) is 6.85. The Kier molecular flexibility index (Phi) is 6.35. The van der Waals surface area contributed by atoms with E-state index in [2.05, 4.69) is 63.1 Å². The molecule has 6 rings (SSSR count). The van der Waals surface area contributed by atoms with E-state index in [0.717, 1.165) is 49.7 Å². The lowest BCUT2D eigenvalue weighted by Gasteiger charge is -2.37. The number of ether oxygens (including phenoxy) is 1. The molecule has 0 radical (unpaired) electrons. The van der Waals surface area contributed by atoms with Gasteiger partial charge in [0.2, 0.25) is 0 Å². The van der Waals surface area contributed by atoms with E-state index in [1.54, 1.807) is 11.2 Å². The predicted molar refractivity (Wildman–Crippen MR) is 146 cm³/mol. The fourth-order valence-corrected chi connectivity index (χ4v) is 5.42. The molecule has 7 nitrogen and oxygen atoms in total. The van der Waals surface area contributed by atoms with E-state index in [1.165, 1.54) is 27.6 Å². The van der Waals surface area contributed by atoms with E-state index in [0.29, 0.717) is 19.7 Å². The molecule has 1 fully saturated rings. The van der Waals surface area contributed by atoms with Crippen molar-refractivity contribution in [2.75, 3.05) is 42.5 Å². The normalized spacial score (nSPS) is 15.5. The fraction of sp³-hybridized carbons (Fsp3) is 0.300. The highest BCUT2D eigenvalue weighted by Gasteiger charge is 2.28. The number of carbonyl (C=O) groups excluding carboxylic acids is 1. The van der Waals surface area contributed by atoms with Crippen molar-refractivity contribution in [3.63, 3.8) is 0 Å². The highest BCUT2D eigenvalue weighted by molar-refractivity contribution is 5.95. The van der Waals surface area contributed by atoms with Crippen LogP contribution in [-0.4, -0.2) is 53.7 Å². The first kappa shape index (κ1) is 23.3. The first-order chi connectivity index (χ1) is 18.2. The molecular formula is C30H31N5O2. The fourth-order valence-electron chi connectivity index (χ4n) is 5.42. The largest absolute Gasteiger partial charge is 0.445 e. The molecule has 1 saturated heterocycles. The Hall–Kier alpha value is -4.13. The molecule has 1 aromatic heterocycles. The standard InChI is InChI=1S/C30H31N5O2/c1-22-17-24-9-5-6-10-25(24)28(18-22)35-12-11-26-27(19-35)31-21-32-29(26)33-13-15-34(16-14-33)30(36)37-20-23-7-3-2-4-8-23/h2-10,17-18,21H,11-16,19-20H2,1H3. The third kappa shape index (κ3) is 4.81. The summed E-state index contributed by atoms with van der Waals surface area (Å²) in [7, 11) is 0. The molecular weight excluding hydrogens is 462 g/mol. The van der Waals surface area contributed by atoms with E-state index in [9.17, 15) is 4.79 Å². The Morgan fingerprint density at radius 2 is 1.68 bits per heavy atom. The number of anilines is 2. The lowest BCUT2D eigenvalue weighted by molar-refractivity contribution is 0.0941. The van der Waals surface area contributed by atoms with Crippen molar-refractivity contribution in [3.8, 4) is 0 Å². The van der Waals surface area contributed by atoms with Gasteiger partial charge in [-0.15, -0.1) is 0 Å². The molecule has 0 atom stereocenters. The van der Waals surface area contributed by atoms with Gasteiger partial charge in [-0.1, -0.05) is 60.7 Å². The van der Waals surface area contributed by atoms with Gasteiger partial charge in [-0.2, -0.15) is 0 Å². The summed E-state index contributed by atoms with van der Waals surface area (Å²) in [5.74, 6) is 1.01. The number of benzene rings is 3. The summed E-state index contributed by atoms with van der Waals surface area (Å²) in [5.41, 5.74) is 5.85. The summed E-state index contributed by atoms with van der Waals surface area (Å²) >= 11 is 0. The third-order valence-corrected chi connectivity index (χ3v) is 7.35. The molecule has 0 bridgehead atoms. The average molecular weight is 494 g/mol. The molecule has 0 aliphatic carbocycles. The van der Waals surface area contributed by atoms with E-state index < -0.39 is 0 Å². The van der Waals surface area contributed by atoms with E-state index >= 15 is 0 Å². The van der Waals surface area contributed by atoms with Crippen molar-refractivity contribution >= 4 is 28.4 Å². The maximum atomic E-state index is 12.6. The van der Waals surface area contributed by atoms with Gasteiger partial charge in [-0.3, -0.25) is 0 Å². The van der Waals surface area contributed by atoms with Gasteiger partial charge < -0.3 is 19.4 Å². The number of aromatic nitrogens is 2. The van der Waals surface area contributed by atoms with Crippen molar-refractivity contribution < 1.29 is 9.53 Å². The number of nitrogens with zero attached hydrogens (tertiary/aromatic N) is 5. The van der Waals surface area contributed by atoms with Gasteiger partial charge in [-0.25, -0.2) is 14.8 Å². The zero-order chi connectivity index (χ0) is 25.2. The Morgan fingerprint density at radius 3 is 2.51 bits per heavy atom. The molecule has 0 N–H and O–H groups in total. The molecule has 37 heavy (non-hydrogen) atoms. The summed E-state index contributed by atoms with van der Waals surface area (Å²) in [4.78, 5) is 28.5. The van der Waals surface area contributed by atoms with Crippen LogP contribution in [-0.2, 0) is 24.3 Å². The van der Waals surface area contributed by atoms with Crippen LogP contribution in [0.1, 0.15) is 22.4 Å². The van der Waals surface area contributed by atoms with E-state index in [4.69, 9.17) is 4.74 Å². The predicted octanol–water partition coefficient (Wildman–Crippen LogP) is 4.96. The smallest absolute Gasteiger partial charge is 0.410 e. The quantitative estimate of drug-likeness (QED) is 0.401. The molecule has 0 saturated carbocycles. The molecule has 188 valence electrons. The van der Waals surface area contributed by atoms with Crippen LogP contribution in [0.3, 0.4) is 0 Å². The summed E-state index contributed by atoms with van der Waals surface area (Å²) in [6.07, 6.45) is 2.33. The van der Waals surface area contributed by atoms with E-state index in [1.807, 2.05) is 30.3 Å². The number of piperazine rings is 1. The molecule has 2 aliphatic rings. The Balaban J connectivity index is 1.13. The molecule has 2 aliphatic heterocycles. The number of aryl methyl sites for hydroxylation is 1. The number of amides is 1. The van der Waals surface area contributed by atoms with Crippen LogP contribution in [0.25, 0.3) is 10.8 Å². The molecule has 7 heteroatoms. The van der Waals surface area contributed by atoms with Crippen molar-refractivity contribution in [2.45, 2.75) is 26.5 Å². The topological polar surface area (TPSA) is 61.8 Å². The molecule has 1 amide bonds. The highest BCUT2D eigenvalue weighted by atomic mass is 16.6. The summed E-state index contributed by atoms with van der Waals surface area (Å²) in [5, 5.41) is 2.55. The maximum absolute atomic E-state index is 12.6. The van der Waals surface area contributed by atoms with Crippen LogP contribution in [0.15, 0.2) is 73.1 Å². The summed E-state index contributed by atoms with van der Waals surface area (Å²) < 4.78 is 5.53. The Bertz CT molecular complexity index is 1420. The summed E-state index contributed by atoms with van der Waals surface area (Å²) in [6, 6.07) is 22.9. The minimum Gasteiger partial charge on any atom is -0.445 e. The van der Waals surface area contributed by atoms with Gasteiger partial charge >= 0.3 is 6.09 Å². The van der Waals surface area contributed by atoms with Gasteiger partial charge in [0.05, 0.1) is 12.2 Å². The van der Waals surface area contributed by atoms with Gasteiger partial charge in [0.15, 0.2) is 0 Å². The van der Waals surface area contributed by atoms with Gasteiger partial charge in [-0.05, 0) is 35.9 Å². The SMILES string of the molecule is Cc1cc(N2CCc3c(ncnc3N3CCN(C(=O)OCc4ccccc4)CC3)C2)c2ccccc2c1. The second-order valence-electron chi connectivity index (χ2n) is 9.81. The minimum atomic E-state index is -0.255. The Labute approximate surface area is 217 Å². The number of carbonyl (C=O) groups is 1. The lowest BCUT2D eigenvalue weighted by Crippen LogP contribution is -2.49.